The third kappa shape index (κ3) is 4.55. The molecule has 0 amide bonds. The summed E-state index contributed by atoms with van der Waals surface area (Å²) in [6.45, 7) is 0. The lowest BCUT2D eigenvalue weighted by Crippen LogP contribution is -2.01. The molecule has 9 aromatic rings. The number of rotatable bonds is 5. The summed E-state index contributed by atoms with van der Waals surface area (Å²) in [5, 5.41) is 5.14. The van der Waals surface area contributed by atoms with Crippen LogP contribution in [0.4, 0.5) is 0 Å². The van der Waals surface area contributed by atoms with Gasteiger partial charge in [-0.25, -0.2) is 4.98 Å². The molecule has 0 saturated heterocycles. The standard InChI is InChI=1S/C51H34N2/c1-4-16-33(17-5-1)46-40-24-10-11-25-41(40)47(34-18-6-2-7-19-34)50-43-31-30-38(39-26-15-27-42(48(39)43)49(46)50)35-20-14-21-36(32-35)51-52-44-28-12-13-29-45(44)53(51)37-22-8-3-9-23-37/h1-8,10-22,24-32H,9,23H2. The van der Waals surface area contributed by atoms with Gasteiger partial charge in [0.05, 0.1) is 11.0 Å². The van der Waals surface area contributed by atoms with Crippen LogP contribution in [0, 0.1) is 0 Å². The van der Waals surface area contributed by atoms with Gasteiger partial charge in [0, 0.05) is 11.3 Å². The quantitative estimate of drug-likeness (QED) is 0.178. The monoisotopic (exact) mass is 674 g/mol. The Hall–Kier alpha value is -6.77. The van der Waals surface area contributed by atoms with E-state index in [9.17, 15) is 0 Å². The van der Waals surface area contributed by atoms with E-state index in [2.05, 4.69) is 187 Å². The molecule has 0 fully saturated rings. The Kier molecular flexibility index (Phi) is 6.72. The fraction of sp³-hybridized carbons (Fsp3) is 0.0392. The number of benzene rings is 8. The van der Waals surface area contributed by atoms with E-state index in [1.54, 1.807) is 0 Å². The van der Waals surface area contributed by atoms with E-state index < -0.39 is 0 Å². The number of hydrogen-bond donors (Lipinski definition) is 0. The molecule has 11 rings (SSSR count). The summed E-state index contributed by atoms with van der Waals surface area (Å²) in [4.78, 5) is 5.22. The Morgan fingerprint density at radius 2 is 1.04 bits per heavy atom. The van der Waals surface area contributed by atoms with Crippen molar-refractivity contribution in [2.24, 2.45) is 0 Å². The molecular formula is C51H34N2. The zero-order valence-electron chi connectivity index (χ0n) is 29.1. The first-order valence-corrected chi connectivity index (χ1v) is 18.5. The largest absolute Gasteiger partial charge is 0.296 e. The number of para-hydroxylation sites is 2. The van der Waals surface area contributed by atoms with Gasteiger partial charge >= 0.3 is 0 Å². The fourth-order valence-corrected chi connectivity index (χ4v) is 8.97. The van der Waals surface area contributed by atoms with Crippen molar-refractivity contribution in [3.63, 3.8) is 0 Å². The van der Waals surface area contributed by atoms with Crippen LogP contribution >= 0.6 is 0 Å². The van der Waals surface area contributed by atoms with Crippen LogP contribution in [0.15, 0.2) is 182 Å². The normalized spacial score (nSPS) is 13.2. The van der Waals surface area contributed by atoms with Gasteiger partial charge in [-0.05, 0) is 114 Å². The Labute approximate surface area is 308 Å². The smallest absolute Gasteiger partial charge is 0.145 e. The molecule has 53 heavy (non-hydrogen) atoms. The molecule has 8 aromatic carbocycles. The zero-order chi connectivity index (χ0) is 34.9. The van der Waals surface area contributed by atoms with E-state index in [1.165, 1.54) is 82.9 Å². The van der Waals surface area contributed by atoms with Crippen molar-refractivity contribution in [1.29, 1.82) is 0 Å². The van der Waals surface area contributed by atoms with Gasteiger partial charge in [-0.2, -0.15) is 0 Å². The van der Waals surface area contributed by atoms with Crippen LogP contribution < -0.4 is 0 Å². The summed E-state index contributed by atoms with van der Waals surface area (Å²) < 4.78 is 2.36. The molecule has 2 aliphatic carbocycles. The number of hydrogen-bond acceptors (Lipinski definition) is 1. The van der Waals surface area contributed by atoms with Crippen molar-refractivity contribution >= 4 is 38.3 Å². The second kappa shape index (κ2) is 11.9. The van der Waals surface area contributed by atoms with E-state index >= 15 is 0 Å². The second-order valence-electron chi connectivity index (χ2n) is 14.1. The Balaban J connectivity index is 1.17. The summed E-state index contributed by atoms with van der Waals surface area (Å²) in [5.74, 6) is 0.986. The summed E-state index contributed by atoms with van der Waals surface area (Å²) in [6, 6.07) is 60.0. The van der Waals surface area contributed by atoms with Crippen molar-refractivity contribution in [2.75, 3.05) is 0 Å². The molecule has 2 heteroatoms. The fourth-order valence-electron chi connectivity index (χ4n) is 8.97. The molecule has 0 unspecified atom stereocenters. The lowest BCUT2D eigenvalue weighted by Gasteiger charge is -2.20. The highest BCUT2D eigenvalue weighted by atomic mass is 15.1. The second-order valence-corrected chi connectivity index (χ2v) is 14.1. The van der Waals surface area contributed by atoms with E-state index in [-0.39, 0.29) is 0 Å². The van der Waals surface area contributed by atoms with Gasteiger partial charge in [0.25, 0.3) is 0 Å². The molecule has 0 bridgehead atoms. The third-order valence-corrected chi connectivity index (χ3v) is 11.2. The molecule has 2 nitrogen and oxygen atoms in total. The minimum absolute atomic E-state index is 0.986. The van der Waals surface area contributed by atoms with Crippen molar-refractivity contribution in [3.8, 4) is 67.0 Å². The predicted octanol–water partition coefficient (Wildman–Crippen LogP) is 13.8. The molecule has 0 N–H and O–H groups in total. The van der Waals surface area contributed by atoms with Crippen LogP contribution in [0.25, 0.3) is 105 Å². The predicted molar refractivity (Wildman–Crippen MR) is 224 cm³/mol. The zero-order valence-corrected chi connectivity index (χ0v) is 29.1. The molecule has 2 aliphatic rings. The van der Waals surface area contributed by atoms with Crippen LogP contribution in [-0.4, -0.2) is 9.55 Å². The third-order valence-electron chi connectivity index (χ3n) is 11.2. The SMILES string of the molecule is C1=CCCC(n2c(-c3cccc(-c4ccc5c6c(cccc46)-c4c-5c(-c5ccccc5)c5ccccc5c4-c4ccccc4)c3)nc3ccccc32)=C1. The first-order valence-electron chi connectivity index (χ1n) is 18.5. The Morgan fingerprint density at radius 1 is 0.453 bits per heavy atom. The van der Waals surface area contributed by atoms with Crippen LogP contribution in [0.5, 0.6) is 0 Å². The van der Waals surface area contributed by atoms with Gasteiger partial charge < -0.3 is 0 Å². The maximum atomic E-state index is 5.22. The first-order chi connectivity index (χ1) is 26.3. The molecule has 0 aliphatic heterocycles. The number of imidazole rings is 1. The number of fused-ring (bicyclic) bond motifs is 5. The summed E-state index contributed by atoms with van der Waals surface area (Å²) >= 11 is 0. The van der Waals surface area contributed by atoms with Gasteiger partial charge in [0.15, 0.2) is 0 Å². The highest BCUT2D eigenvalue weighted by Crippen LogP contribution is 2.58. The maximum absolute atomic E-state index is 5.22. The van der Waals surface area contributed by atoms with E-state index in [0.717, 1.165) is 35.3 Å². The highest BCUT2D eigenvalue weighted by molar-refractivity contribution is 6.28. The van der Waals surface area contributed by atoms with Crippen LogP contribution in [-0.2, 0) is 0 Å². The number of allylic oxidation sites excluding steroid dienone is 4. The lowest BCUT2D eigenvalue weighted by atomic mass is 9.82. The molecular weight excluding hydrogens is 641 g/mol. The van der Waals surface area contributed by atoms with Gasteiger partial charge in [-0.1, -0.05) is 158 Å². The van der Waals surface area contributed by atoms with E-state index in [1.807, 2.05) is 0 Å². The summed E-state index contributed by atoms with van der Waals surface area (Å²) in [5.41, 5.74) is 17.3. The molecule has 0 radical (unpaired) electrons. The first kappa shape index (κ1) is 29.9. The van der Waals surface area contributed by atoms with Gasteiger partial charge in [-0.15, -0.1) is 0 Å². The molecule has 0 saturated carbocycles. The van der Waals surface area contributed by atoms with Gasteiger partial charge in [-0.3, -0.25) is 4.57 Å². The minimum Gasteiger partial charge on any atom is -0.296 e. The molecule has 0 spiro atoms. The number of aromatic nitrogens is 2. The average Bonchev–Trinajstić information content (AvgIpc) is 3.78. The van der Waals surface area contributed by atoms with E-state index in [4.69, 9.17) is 4.98 Å². The summed E-state index contributed by atoms with van der Waals surface area (Å²) in [7, 11) is 0. The van der Waals surface area contributed by atoms with Gasteiger partial charge in [0.2, 0.25) is 0 Å². The highest BCUT2D eigenvalue weighted by Gasteiger charge is 2.31. The average molecular weight is 675 g/mol. The van der Waals surface area contributed by atoms with Crippen LogP contribution in [0.2, 0.25) is 0 Å². The lowest BCUT2D eigenvalue weighted by molar-refractivity contribution is 0.960. The van der Waals surface area contributed by atoms with Crippen molar-refractivity contribution < 1.29 is 0 Å². The molecule has 248 valence electrons. The van der Waals surface area contributed by atoms with Crippen molar-refractivity contribution in [2.45, 2.75) is 12.8 Å². The van der Waals surface area contributed by atoms with E-state index in [0.29, 0.717) is 0 Å². The molecule has 1 heterocycles. The number of nitrogens with zero attached hydrogens (tertiary/aromatic N) is 2. The maximum Gasteiger partial charge on any atom is 0.145 e. The van der Waals surface area contributed by atoms with Crippen molar-refractivity contribution in [3.05, 3.63) is 182 Å². The Morgan fingerprint density at radius 3 is 1.75 bits per heavy atom. The molecule has 0 atom stereocenters. The van der Waals surface area contributed by atoms with Crippen LogP contribution in [0.3, 0.4) is 0 Å². The topological polar surface area (TPSA) is 17.8 Å². The molecule has 1 aromatic heterocycles. The van der Waals surface area contributed by atoms with Crippen molar-refractivity contribution in [1.82, 2.24) is 9.55 Å². The minimum atomic E-state index is 0.986. The summed E-state index contributed by atoms with van der Waals surface area (Å²) in [6.07, 6.45) is 8.68. The van der Waals surface area contributed by atoms with Crippen LogP contribution in [0.1, 0.15) is 12.8 Å². The Bertz CT molecular complexity index is 2890. The van der Waals surface area contributed by atoms with Gasteiger partial charge in [0.1, 0.15) is 5.82 Å².